The maximum atomic E-state index is 6.24. The van der Waals surface area contributed by atoms with E-state index in [4.69, 9.17) is 10.5 Å². The van der Waals surface area contributed by atoms with Gasteiger partial charge in [-0.2, -0.15) is 0 Å². The molecule has 1 aliphatic carbocycles. The second-order valence-corrected chi connectivity index (χ2v) is 5.81. The molecule has 0 aromatic heterocycles. The van der Waals surface area contributed by atoms with Gasteiger partial charge < -0.3 is 15.8 Å². The zero-order chi connectivity index (χ0) is 11.4. The molecule has 3 atom stereocenters. The van der Waals surface area contributed by atoms with E-state index in [1.807, 2.05) is 0 Å². The van der Waals surface area contributed by atoms with Crippen molar-refractivity contribution >= 4 is 0 Å². The predicted octanol–water partition coefficient (Wildman–Crippen LogP) is 1.66. The number of nitrogens with two attached hydrogens (primary N) is 1. The second-order valence-electron chi connectivity index (χ2n) is 5.81. The molecule has 1 saturated carbocycles. The van der Waals surface area contributed by atoms with Gasteiger partial charge in [0.25, 0.3) is 0 Å². The number of ether oxygens (including phenoxy) is 1. The quantitative estimate of drug-likeness (QED) is 0.720. The minimum absolute atomic E-state index is 0.200. The molecule has 1 saturated heterocycles. The number of nitrogens with one attached hydrogen (secondary N) is 1. The number of hydrogen-bond acceptors (Lipinski definition) is 3. The summed E-state index contributed by atoms with van der Waals surface area (Å²) in [6.45, 7) is 5.10. The molecular formula is C13H26N2O. The van der Waals surface area contributed by atoms with Crippen molar-refractivity contribution in [2.24, 2.45) is 11.7 Å². The summed E-state index contributed by atoms with van der Waals surface area (Å²) in [5.41, 5.74) is 6.44. The van der Waals surface area contributed by atoms with Crippen molar-refractivity contribution in [1.82, 2.24) is 5.32 Å². The Morgan fingerprint density at radius 3 is 2.88 bits per heavy atom. The van der Waals surface area contributed by atoms with Crippen LogP contribution in [0.25, 0.3) is 0 Å². The molecule has 3 unspecified atom stereocenters. The van der Waals surface area contributed by atoms with Crippen LogP contribution in [0.2, 0.25) is 0 Å². The van der Waals surface area contributed by atoms with Gasteiger partial charge in [0.1, 0.15) is 0 Å². The third-order valence-electron chi connectivity index (χ3n) is 4.23. The molecule has 3 N–H and O–H groups in total. The van der Waals surface area contributed by atoms with E-state index >= 15 is 0 Å². The van der Waals surface area contributed by atoms with E-state index in [1.165, 1.54) is 32.1 Å². The highest BCUT2D eigenvalue weighted by Gasteiger charge is 2.30. The molecule has 3 nitrogen and oxygen atoms in total. The summed E-state index contributed by atoms with van der Waals surface area (Å²) in [7, 11) is 0. The predicted molar refractivity (Wildman–Crippen MR) is 66.4 cm³/mol. The van der Waals surface area contributed by atoms with Crippen LogP contribution in [0.4, 0.5) is 0 Å². The molecular weight excluding hydrogens is 200 g/mol. The highest BCUT2D eigenvalue weighted by atomic mass is 16.5. The molecule has 1 aliphatic heterocycles. The van der Waals surface area contributed by atoms with Crippen LogP contribution in [-0.4, -0.2) is 31.3 Å². The van der Waals surface area contributed by atoms with Gasteiger partial charge in [0.2, 0.25) is 0 Å². The van der Waals surface area contributed by atoms with E-state index in [0.29, 0.717) is 12.0 Å². The number of rotatable bonds is 3. The third-order valence-corrected chi connectivity index (χ3v) is 4.23. The van der Waals surface area contributed by atoms with Gasteiger partial charge in [0.05, 0.1) is 6.61 Å². The lowest BCUT2D eigenvalue weighted by atomic mass is 9.93. The van der Waals surface area contributed by atoms with Gasteiger partial charge in [-0.05, 0) is 32.1 Å². The van der Waals surface area contributed by atoms with Crippen LogP contribution in [0.15, 0.2) is 0 Å². The maximum absolute atomic E-state index is 6.24. The Morgan fingerprint density at radius 2 is 2.12 bits per heavy atom. The summed E-state index contributed by atoms with van der Waals surface area (Å²) >= 11 is 0. The summed E-state index contributed by atoms with van der Waals surface area (Å²) < 4.78 is 5.46. The molecule has 3 heteroatoms. The minimum Gasteiger partial charge on any atom is -0.379 e. The van der Waals surface area contributed by atoms with Crippen LogP contribution < -0.4 is 11.1 Å². The smallest absolute Gasteiger partial charge is 0.0646 e. The summed E-state index contributed by atoms with van der Waals surface area (Å²) in [5, 5.41) is 3.68. The lowest BCUT2D eigenvalue weighted by Gasteiger charge is -2.29. The van der Waals surface area contributed by atoms with E-state index < -0.39 is 0 Å². The van der Waals surface area contributed by atoms with E-state index in [-0.39, 0.29) is 5.54 Å². The largest absolute Gasteiger partial charge is 0.379 e. The fourth-order valence-electron chi connectivity index (χ4n) is 2.85. The van der Waals surface area contributed by atoms with Crippen molar-refractivity contribution in [2.45, 2.75) is 57.0 Å². The van der Waals surface area contributed by atoms with Crippen molar-refractivity contribution in [3.63, 3.8) is 0 Å². The van der Waals surface area contributed by atoms with Crippen molar-refractivity contribution < 1.29 is 4.74 Å². The maximum Gasteiger partial charge on any atom is 0.0646 e. The molecule has 0 aromatic rings. The Bertz CT molecular complexity index is 214. The third kappa shape index (κ3) is 3.19. The Balaban J connectivity index is 1.79. The molecule has 1 heterocycles. The highest BCUT2D eigenvalue weighted by molar-refractivity contribution is 4.89. The van der Waals surface area contributed by atoms with Gasteiger partial charge in [0.15, 0.2) is 0 Å². The fourth-order valence-corrected chi connectivity index (χ4v) is 2.85. The monoisotopic (exact) mass is 226 g/mol. The Hall–Kier alpha value is -0.120. The summed E-state index contributed by atoms with van der Waals surface area (Å²) in [4.78, 5) is 0. The Kier molecular flexibility index (Phi) is 4.22. The van der Waals surface area contributed by atoms with Crippen LogP contribution >= 0.6 is 0 Å². The van der Waals surface area contributed by atoms with Crippen molar-refractivity contribution in [1.29, 1.82) is 0 Å². The van der Waals surface area contributed by atoms with E-state index in [9.17, 15) is 0 Å². The lowest BCUT2D eigenvalue weighted by molar-refractivity contribution is 0.168. The van der Waals surface area contributed by atoms with Gasteiger partial charge >= 0.3 is 0 Å². The molecule has 0 amide bonds. The standard InChI is InChI=1S/C13H26N2O/c1-13(7-8-16-10-13)15-9-11-5-3-2-4-6-12(11)14/h11-12,15H,2-10,14H2,1H3. The van der Waals surface area contributed by atoms with Gasteiger partial charge in [-0.1, -0.05) is 19.3 Å². The first-order chi connectivity index (χ1) is 7.70. The molecule has 2 aliphatic rings. The fraction of sp³-hybridized carbons (Fsp3) is 1.00. The van der Waals surface area contributed by atoms with Crippen LogP contribution in [0.5, 0.6) is 0 Å². The van der Waals surface area contributed by atoms with Gasteiger partial charge in [-0.25, -0.2) is 0 Å². The lowest BCUT2D eigenvalue weighted by Crippen LogP contribution is -2.47. The van der Waals surface area contributed by atoms with Crippen molar-refractivity contribution in [3.8, 4) is 0 Å². The van der Waals surface area contributed by atoms with Gasteiger partial charge in [-0.3, -0.25) is 0 Å². The molecule has 0 spiro atoms. The first-order valence-corrected chi connectivity index (χ1v) is 6.78. The van der Waals surface area contributed by atoms with E-state index in [0.717, 1.165) is 26.2 Å². The van der Waals surface area contributed by atoms with Crippen LogP contribution in [0.1, 0.15) is 45.4 Å². The molecule has 16 heavy (non-hydrogen) atoms. The SMILES string of the molecule is CC1(NCC2CCCCCC2N)CCOC1. The zero-order valence-corrected chi connectivity index (χ0v) is 10.5. The zero-order valence-electron chi connectivity index (χ0n) is 10.5. The minimum atomic E-state index is 0.200. The normalized spacial score (nSPS) is 40.9. The van der Waals surface area contributed by atoms with E-state index in [2.05, 4.69) is 12.2 Å². The topological polar surface area (TPSA) is 47.3 Å². The van der Waals surface area contributed by atoms with E-state index in [1.54, 1.807) is 0 Å². The molecule has 2 fully saturated rings. The van der Waals surface area contributed by atoms with Gasteiger partial charge in [-0.15, -0.1) is 0 Å². The molecule has 2 rings (SSSR count). The molecule has 0 bridgehead atoms. The van der Waals surface area contributed by atoms with Crippen molar-refractivity contribution in [3.05, 3.63) is 0 Å². The molecule has 0 aromatic carbocycles. The van der Waals surface area contributed by atoms with Crippen molar-refractivity contribution in [2.75, 3.05) is 19.8 Å². The Morgan fingerprint density at radius 1 is 1.31 bits per heavy atom. The molecule has 94 valence electrons. The average Bonchev–Trinajstić information content (AvgIpc) is 2.58. The first-order valence-electron chi connectivity index (χ1n) is 6.78. The summed E-state index contributed by atoms with van der Waals surface area (Å²) in [5.74, 6) is 0.667. The molecule has 0 radical (unpaired) electrons. The van der Waals surface area contributed by atoms with Crippen LogP contribution in [-0.2, 0) is 4.74 Å². The second kappa shape index (κ2) is 5.48. The first kappa shape index (κ1) is 12.3. The average molecular weight is 226 g/mol. The summed E-state index contributed by atoms with van der Waals surface area (Å²) in [6.07, 6.45) is 7.68. The summed E-state index contributed by atoms with van der Waals surface area (Å²) in [6, 6.07) is 0.404. The number of hydrogen-bond donors (Lipinski definition) is 2. The Labute approximate surface area is 99.1 Å². The highest BCUT2D eigenvalue weighted by Crippen LogP contribution is 2.23. The van der Waals surface area contributed by atoms with Crippen LogP contribution in [0.3, 0.4) is 0 Å². The van der Waals surface area contributed by atoms with Gasteiger partial charge in [0, 0.05) is 24.7 Å². The van der Waals surface area contributed by atoms with Crippen LogP contribution in [0, 0.1) is 5.92 Å².